The van der Waals surface area contributed by atoms with Crippen molar-refractivity contribution < 1.29 is 13.2 Å². The van der Waals surface area contributed by atoms with Gasteiger partial charge in [-0.05, 0) is 45.4 Å². The van der Waals surface area contributed by atoms with Gasteiger partial charge in [0.25, 0.3) is 0 Å². The van der Waals surface area contributed by atoms with Gasteiger partial charge in [0.2, 0.25) is 10.0 Å². The fourth-order valence-electron chi connectivity index (χ4n) is 1.81. The van der Waals surface area contributed by atoms with E-state index in [4.69, 9.17) is 0 Å². The van der Waals surface area contributed by atoms with Crippen LogP contribution in [0.15, 0.2) is 23.1 Å². The van der Waals surface area contributed by atoms with Gasteiger partial charge in [0.1, 0.15) is 0 Å². The van der Waals surface area contributed by atoms with Gasteiger partial charge in [-0.3, -0.25) is 4.79 Å². The maximum Gasteiger partial charge on any atom is 0.241 e. The zero-order valence-electron chi connectivity index (χ0n) is 14.9. The van der Waals surface area contributed by atoms with Crippen LogP contribution in [0.25, 0.3) is 0 Å². The van der Waals surface area contributed by atoms with Crippen LogP contribution < -0.4 is 4.72 Å². The first-order chi connectivity index (χ1) is 9.94. The molecule has 0 saturated heterocycles. The molecule has 4 nitrogen and oxygen atoms in total. The molecule has 0 amide bonds. The molecule has 0 atom stereocenters. The number of carbonyl (C=O) groups is 1. The summed E-state index contributed by atoms with van der Waals surface area (Å²) in [5, 5.41) is 0. The number of ketones is 1. The van der Waals surface area contributed by atoms with E-state index in [1.807, 2.05) is 20.8 Å². The van der Waals surface area contributed by atoms with Crippen LogP contribution in [-0.4, -0.2) is 19.7 Å². The minimum absolute atomic E-state index is 0.0460. The summed E-state index contributed by atoms with van der Waals surface area (Å²) >= 11 is 0. The average Bonchev–Trinajstić information content (AvgIpc) is 2.37. The third-order valence-electron chi connectivity index (χ3n) is 2.75. The Morgan fingerprint density at radius 3 is 2.05 bits per heavy atom. The number of aryl methyl sites for hydroxylation is 1. The lowest BCUT2D eigenvalue weighted by Crippen LogP contribution is -2.40. The second-order valence-corrected chi connectivity index (χ2v) is 8.03. The highest BCUT2D eigenvalue weighted by molar-refractivity contribution is 7.89. The zero-order chi connectivity index (χ0) is 17.7. The molecule has 0 aromatic heterocycles. The van der Waals surface area contributed by atoms with Gasteiger partial charge in [0.05, 0.1) is 4.90 Å². The molecule has 1 N–H and O–H groups in total. The van der Waals surface area contributed by atoms with Crippen molar-refractivity contribution in [2.45, 2.75) is 65.8 Å². The summed E-state index contributed by atoms with van der Waals surface area (Å²) in [5.74, 6) is -0.211. The minimum Gasteiger partial charge on any atom is -0.294 e. The van der Waals surface area contributed by atoms with Crippen LogP contribution in [0.4, 0.5) is 0 Å². The largest absolute Gasteiger partial charge is 0.294 e. The topological polar surface area (TPSA) is 63.2 Å². The van der Waals surface area contributed by atoms with Crippen molar-refractivity contribution in [3.63, 3.8) is 0 Å². The number of sulfonamides is 1. The fourth-order valence-corrected chi connectivity index (χ4v) is 3.25. The Morgan fingerprint density at radius 1 is 1.14 bits per heavy atom. The van der Waals surface area contributed by atoms with Crippen LogP contribution >= 0.6 is 0 Å². The molecule has 126 valence electrons. The first-order valence-electron chi connectivity index (χ1n) is 7.63. The summed E-state index contributed by atoms with van der Waals surface area (Å²) in [5.41, 5.74) is 0.696. The van der Waals surface area contributed by atoms with Crippen molar-refractivity contribution in [2.24, 2.45) is 5.92 Å². The van der Waals surface area contributed by atoms with E-state index in [0.29, 0.717) is 5.56 Å². The van der Waals surface area contributed by atoms with Crippen LogP contribution in [-0.2, 0) is 10.0 Å². The van der Waals surface area contributed by atoms with Crippen molar-refractivity contribution >= 4 is 15.8 Å². The van der Waals surface area contributed by atoms with Gasteiger partial charge in [-0.2, -0.15) is 0 Å². The summed E-state index contributed by atoms with van der Waals surface area (Å²) in [4.78, 5) is 12.2. The highest BCUT2D eigenvalue weighted by Crippen LogP contribution is 2.20. The Morgan fingerprint density at radius 2 is 1.64 bits per heavy atom. The van der Waals surface area contributed by atoms with E-state index in [2.05, 4.69) is 4.72 Å². The number of Topliss-reactive ketones (excluding diaryl/α,β-unsaturated/α-hetero) is 1. The van der Waals surface area contributed by atoms with Gasteiger partial charge in [-0.15, -0.1) is 0 Å². The van der Waals surface area contributed by atoms with E-state index >= 15 is 0 Å². The van der Waals surface area contributed by atoms with E-state index in [-0.39, 0.29) is 16.6 Å². The van der Waals surface area contributed by atoms with Crippen LogP contribution in [0.1, 0.15) is 64.4 Å². The molecule has 5 heteroatoms. The monoisotopic (exact) mass is 327 g/mol. The lowest BCUT2D eigenvalue weighted by molar-refractivity contribution is 0.0938. The van der Waals surface area contributed by atoms with E-state index in [1.165, 1.54) is 12.1 Å². The van der Waals surface area contributed by atoms with Gasteiger partial charge < -0.3 is 0 Å². The molecule has 1 aromatic rings. The quantitative estimate of drug-likeness (QED) is 0.852. The summed E-state index contributed by atoms with van der Waals surface area (Å²) in [6, 6.07) is 4.67. The molecule has 1 aromatic carbocycles. The maximum absolute atomic E-state index is 12.3. The Bertz CT molecular complexity index is 611. The molecular formula is C17H29NO3S. The van der Waals surface area contributed by atoms with Crippen LogP contribution in [0.2, 0.25) is 0 Å². The molecule has 0 unspecified atom stereocenters. The second kappa shape index (κ2) is 7.88. The maximum atomic E-state index is 12.3. The Labute approximate surface area is 135 Å². The lowest BCUT2D eigenvalue weighted by Gasteiger charge is -2.21. The zero-order valence-corrected chi connectivity index (χ0v) is 15.8. The van der Waals surface area contributed by atoms with Crippen LogP contribution in [0.3, 0.4) is 0 Å². The Kier molecular flexibility index (Phi) is 7.45. The number of rotatable bonds is 4. The van der Waals surface area contributed by atoms with Crippen molar-refractivity contribution in [3.8, 4) is 0 Å². The fraction of sp³-hybridized carbons (Fsp3) is 0.588. The number of hydrogen-bond acceptors (Lipinski definition) is 3. The van der Waals surface area contributed by atoms with Crippen LogP contribution in [0, 0.1) is 12.8 Å². The number of hydrogen-bond donors (Lipinski definition) is 1. The summed E-state index contributed by atoms with van der Waals surface area (Å²) < 4.78 is 27.2. The predicted molar refractivity (Wildman–Crippen MR) is 91.8 cm³/mol. The normalized spacial score (nSPS) is 11.9. The summed E-state index contributed by atoms with van der Waals surface area (Å²) in [6.07, 6.45) is 0. The van der Waals surface area contributed by atoms with E-state index < -0.39 is 15.6 Å². The predicted octanol–water partition coefficient (Wildman–Crippen LogP) is 3.94. The smallest absolute Gasteiger partial charge is 0.241 e. The summed E-state index contributed by atoms with van der Waals surface area (Å²) in [6.45, 7) is 14.7. The molecule has 0 bridgehead atoms. The van der Waals surface area contributed by atoms with Gasteiger partial charge >= 0.3 is 0 Å². The van der Waals surface area contributed by atoms with Gasteiger partial charge in [0.15, 0.2) is 5.78 Å². The summed E-state index contributed by atoms with van der Waals surface area (Å²) in [7, 11) is -3.62. The Balaban J connectivity index is 0.00000211. The van der Waals surface area contributed by atoms with E-state index in [1.54, 1.807) is 40.7 Å². The van der Waals surface area contributed by atoms with Crippen LogP contribution in [0.5, 0.6) is 0 Å². The highest BCUT2D eigenvalue weighted by atomic mass is 32.2. The van der Waals surface area contributed by atoms with Gasteiger partial charge in [-0.1, -0.05) is 33.8 Å². The third-order valence-corrected chi connectivity index (χ3v) is 4.51. The SMILES string of the molecule is CC.Cc1ccc(S(=O)(=O)NC(C)(C)C)cc1C(=O)C(C)C. The third kappa shape index (κ3) is 5.89. The molecule has 0 aliphatic carbocycles. The minimum atomic E-state index is -3.62. The molecule has 0 spiro atoms. The van der Waals surface area contributed by atoms with Crippen molar-refractivity contribution in [1.29, 1.82) is 0 Å². The molecule has 0 fully saturated rings. The molecule has 1 rings (SSSR count). The van der Waals surface area contributed by atoms with Crippen molar-refractivity contribution in [3.05, 3.63) is 29.3 Å². The number of nitrogens with one attached hydrogen (secondary N) is 1. The molecule has 0 aliphatic rings. The molecule has 0 heterocycles. The molecule has 0 radical (unpaired) electrons. The molecular weight excluding hydrogens is 298 g/mol. The molecule has 22 heavy (non-hydrogen) atoms. The second-order valence-electron chi connectivity index (χ2n) is 6.35. The highest BCUT2D eigenvalue weighted by Gasteiger charge is 2.23. The average molecular weight is 327 g/mol. The lowest BCUT2D eigenvalue weighted by atomic mass is 9.97. The van der Waals surface area contributed by atoms with E-state index in [0.717, 1.165) is 5.56 Å². The first-order valence-corrected chi connectivity index (χ1v) is 9.11. The Hall–Kier alpha value is -1.20. The van der Waals surface area contributed by atoms with Gasteiger partial charge in [0, 0.05) is 17.0 Å². The number of carbonyl (C=O) groups excluding carboxylic acids is 1. The molecule has 0 saturated carbocycles. The van der Waals surface area contributed by atoms with Crippen molar-refractivity contribution in [1.82, 2.24) is 4.72 Å². The van der Waals surface area contributed by atoms with E-state index in [9.17, 15) is 13.2 Å². The molecule has 0 aliphatic heterocycles. The standard InChI is InChI=1S/C15H23NO3S.C2H6/c1-10(2)14(17)13-9-12(8-7-11(13)3)20(18,19)16-15(4,5)6;1-2/h7-10,16H,1-6H3;1-2H3. The van der Waals surface area contributed by atoms with Crippen molar-refractivity contribution in [2.75, 3.05) is 0 Å². The number of benzene rings is 1. The van der Waals surface area contributed by atoms with Gasteiger partial charge in [-0.25, -0.2) is 13.1 Å². The first kappa shape index (κ1) is 20.8.